The van der Waals surface area contributed by atoms with Gasteiger partial charge in [-0.2, -0.15) is 13.4 Å². The summed E-state index contributed by atoms with van der Waals surface area (Å²) in [5.74, 6) is 1.92. The molecule has 0 aromatic carbocycles. The van der Waals surface area contributed by atoms with Gasteiger partial charge in [0.1, 0.15) is 5.76 Å². The third-order valence-corrected chi connectivity index (χ3v) is 4.70. The van der Waals surface area contributed by atoms with Crippen LogP contribution < -0.4 is 5.32 Å². The van der Waals surface area contributed by atoms with Gasteiger partial charge in [-0.1, -0.05) is 13.8 Å². The number of fused-ring (bicyclic) bond motifs is 2. The molecule has 0 spiro atoms. The molecule has 2 heterocycles. The van der Waals surface area contributed by atoms with E-state index in [9.17, 15) is 0 Å². The number of oxazole rings is 1. The molecular weight excluding hydrogens is 346 g/mol. The summed E-state index contributed by atoms with van der Waals surface area (Å²) in [6.07, 6.45) is 7.21. The zero-order valence-corrected chi connectivity index (χ0v) is 15.8. The van der Waals surface area contributed by atoms with Crippen LogP contribution in [0, 0.1) is 5.92 Å². The molecule has 0 saturated carbocycles. The van der Waals surface area contributed by atoms with Gasteiger partial charge in [0.05, 0.1) is 5.69 Å². The summed E-state index contributed by atoms with van der Waals surface area (Å²) < 4.78 is 37.5. The predicted octanol–water partition coefficient (Wildman–Crippen LogP) is 2.43. The van der Waals surface area contributed by atoms with Crippen LogP contribution in [0.1, 0.15) is 51.0 Å². The van der Waals surface area contributed by atoms with E-state index in [2.05, 4.69) is 29.0 Å². The molecule has 25 heavy (non-hydrogen) atoms. The third-order valence-electron chi connectivity index (χ3n) is 4.70. The van der Waals surface area contributed by atoms with Crippen molar-refractivity contribution in [2.75, 3.05) is 25.0 Å². The predicted molar refractivity (Wildman–Crippen MR) is 95.2 cm³/mol. The van der Waals surface area contributed by atoms with Gasteiger partial charge in [0.2, 0.25) is 0 Å². The highest BCUT2D eigenvalue weighted by Crippen LogP contribution is 2.35. The zero-order chi connectivity index (χ0) is 18.4. The van der Waals surface area contributed by atoms with E-state index in [1.54, 1.807) is 0 Å². The Bertz CT molecular complexity index is 636. The van der Waals surface area contributed by atoms with E-state index in [-0.39, 0.29) is 0 Å². The van der Waals surface area contributed by atoms with Crippen molar-refractivity contribution in [3.05, 3.63) is 11.5 Å². The molecule has 0 bridgehead atoms. The van der Waals surface area contributed by atoms with Crippen molar-refractivity contribution >= 4 is 16.4 Å². The van der Waals surface area contributed by atoms with Crippen molar-refractivity contribution in [1.29, 1.82) is 0 Å². The van der Waals surface area contributed by atoms with E-state index in [4.69, 9.17) is 21.9 Å². The average molecular weight is 375 g/mol. The topological polar surface area (TPSA) is 116 Å². The second-order valence-corrected chi connectivity index (χ2v) is 7.57. The van der Waals surface area contributed by atoms with Crippen LogP contribution in [0.2, 0.25) is 0 Å². The number of aromatic nitrogens is 1. The van der Waals surface area contributed by atoms with Crippen molar-refractivity contribution in [1.82, 2.24) is 9.88 Å². The van der Waals surface area contributed by atoms with Crippen LogP contribution in [0.25, 0.3) is 0 Å². The Morgan fingerprint density at radius 2 is 2.00 bits per heavy atom. The maximum atomic E-state index is 8.74. The Morgan fingerprint density at radius 3 is 2.64 bits per heavy atom. The van der Waals surface area contributed by atoms with Gasteiger partial charge in [-0.3, -0.25) is 14.0 Å². The van der Waals surface area contributed by atoms with Crippen LogP contribution >= 0.6 is 0 Å². The fraction of sp³-hybridized carbons (Fsp3) is 0.812. The first kappa shape index (κ1) is 20.2. The van der Waals surface area contributed by atoms with Gasteiger partial charge in [-0.05, 0) is 51.1 Å². The van der Waals surface area contributed by atoms with E-state index in [0.717, 1.165) is 43.5 Å². The van der Waals surface area contributed by atoms with Crippen molar-refractivity contribution in [3.8, 4) is 0 Å². The molecule has 1 aliphatic heterocycles. The number of piperidine rings is 1. The lowest BCUT2D eigenvalue weighted by Gasteiger charge is -2.43. The quantitative estimate of drug-likeness (QED) is 0.672. The molecular formula is C16H29N3O5S. The Labute approximate surface area is 149 Å². The van der Waals surface area contributed by atoms with E-state index in [0.29, 0.717) is 6.04 Å². The van der Waals surface area contributed by atoms with Crippen LogP contribution in [-0.4, -0.2) is 53.1 Å². The maximum Gasteiger partial charge on any atom is 0.394 e. The Hall–Kier alpha value is -1.16. The van der Waals surface area contributed by atoms with Crippen LogP contribution in [0.5, 0.6) is 0 Å². The average Bonchev–Trinajstić information content (AvgIpc) is 2.91. The monoisotopic (exact) mass is 375 g/mol. The van der Waals surface area contributed by atoms with Crippen molar-refractivity contribution < 1.29 is 21.9 Å². The molecule has 8 nitrogen and oxygen atoms in total. The van der Waals surface area contributed by atoms with Gasteiger partial charge in [0, 0.05) is 19.0 Å². The number of nitrogens with one attached hydrogen (secondary N) is 1. The molecule has 1 saturated heterocycles. The first-order valence-corrected chi connectivity index (χ1v) is 10.4. The maximum absolute atomic E-state index is 8.74. The van der Waals surface area contributed by atoms with E-state index >= 15 is 0 Å². The summed E-state index contributed by atoms with van der Waals surface area (Å²) in [6.45, 7) is 7.87. The summed E-state index contributed by atoms with van der Waals surface area (Å²) in [5, 5.41) is 3.28. The van der Waals surface area contributed by atoms with Gasteiger partial charge >= 0.3 is 10.4 Å². The zero-order valence-electron chi connectivity index (χ0n) is 14.9. The lowest BCUT2D eigenvalue weighted by Crippen LogP contribution is -2.49. The van der Waals surface area contributed by atoms with Crippen molar-refractivity contribution in [2.24, 2.45) is 5.92 Å². The Kier molecular flexibility index (Phi) is 7.24. The number of likely N-dealkylation sites (tertiary alicyclic amines) is 1. The van der Waals surface area contributed by atoms with Gasteiger partial charge < -0.3 is 9.73 Å². The molecule has 1 fully saturated rings. The normalized spacial score (nSPS) is 23.2. The second kappa shape index (κ2) is 8.98. The second-order valence-electron chi connectivity index (χ2n) is 6.68. The minimum atomic E-state index is -4.67. The smallest absolute Gasteiger partial charge is 0.394 e. The van der Waals surface area contributed by atoms with E-state index in [1.165, 1.54) is 38.0 Å². The summed E-state index contributed by atoms with van der Waals surface area (Å²) in [7, 11) is -4.67. The van der Waals surface area contributed by atoms with Gasteiger partial charge in [0.25, 0.3) is 6.01 Å². The largest absolute Gasteiger partial charge is 0.428 e. The van der Waals surface area contributed by atoms with Crippen molar-refractivity contribution in [2.45, 2.75) is 58.4 Å². The lowest BCUT2D eigenvalue weighted by atomic mass is 9.79. The SMILES string of the molecule is CCCNc1nc2c(o1)C[C@H]1[C@@H](CCCN1CCC)C2.O=S(=O)(O)O. The van der Waals surface area contributed by atoms with Crippen LogP contribution in [-0.2, 0) is 23.2 Å². The fourth-order valence-corrected chi connectivity index (χ4v) is 3.76. The summed E-state index contributed by atoms with van der Waals surface area (Å²) >= 11 is 0. The minimum absolute atomic E-state index is 0.683. The molecule has 9 heteroatoms. The number of rotatable bonds is 5. The van der Waals surface area contributed by atoms with Gasteiger partial charge in [-0.15, -0.1) is 0 Å². The van der Waals surface area contributed by atoms with Gasteiger partial charge in [-0.25, -0.2) is 0 Å². The summed E-state index contributed by atoms with van der Waals surface area (Å²) in [4.78, 5) is 7.33. The number of nitrogens with zero attached hydrogens (tertiary/aromatic N) is 2. The van der Waals surface area contributed by atoms with Crippen LogP contribution in [0.3, 0.4) is 0 Å². The standard InChI is InChI=1S/C16H27N3O.H2O4S/c1-3-7-17-16-18-13-10-12-6-5-9-19(8-4-2)14(12)11-15(13)20-16;1-5(2,3)4/h12,14H,3-11H2,1-2H3,(H,17,18);(H2,1,2,3,4)/t12-,14-;/m0./s1. The summed E-state index contributed by atoms with van der Waals surface area (Å²) in [5.41, 5.74) is 1.21. The lowest BCUT2D eigenvalue weighted by molar-refractivity contribution is 0.0799. The highest BCUT2D eigenvalue weighted by Gasteiger charge is 2.37. The summed E-state index contributed by atoms with van der Waals surface area (Å²) in [6, 6.07) is 1.42. The number of hydrogen-bond acceptors (Lipinski definition) is 6. The Morgan fingerprint density at radius 1 is 1.28 bits per heavy atom. The molecule has 0 unspecified atom stereocenters. The van der Waals surface area contributed by atoms with Crippen molar-refractivity contribution in [3.63, 3.8) is 0 Å². The molecule has 0 amide bonds. The molecule has 1 aromatic rings. The molecule has 144 valence electrons. The highest BCUT2D eigenvalue weighted by atomic mass is 32.3. The Balaban J connectivity index is 0.000000399. The van der Waals surface area contributed by atoms with E-state index in [1.807, 2.05) is 0 Å². The molecule has 1 aromatic heterocycles. The van der Waals surface area contributed by atoms with E-state index < -0.39 is 10.4 Å². The van der Waals surface area contributed by atoms with Gasteiger partial charge in [0.15, 0.2) is 0 Å². The third kappa shape index (κ3) is 6.25. The molecule has 1 aliphatic carbocycles. The molecule has 3 N–H and O–H groups in total. The first-order valence-electron chi connectivity index (χ1n) is 8.98. The van der Waals surface area contributed by atoms with Crippen LogP contribution in [0.4, 0.5) is 6.01 Å². The molecule has 3 rings (SSSR count). The number of hydrogen-bond donors (Lipinski definition) is 3. The first-order chi connectivity index (χ1) is 11.8. The van der Waals surface area contributed by atoms with Crippen LogP contribution in [0.15, 0.2) is 4.42 Å². The molecule has 2 aliphatic rings. The number of anilines is 1. The molecule has 0 radical (unpaired) electrons. The highest BCUT2D eigenvalue weighted by molar-refractivity contribution is 7.79. The fourth-order valence-electron chi connectivity index (χ4n) is 3.76. The minimum Gasteiger partial charge on any atom is -0.428 e. The molecule has 2 atom stereocenters.